The summed E-state index contributed by atoms with van der Waals surface area (Å²) in [6.07, 6.45) is 4.08. The summed E-state index contributed by atoms with van der Waals surface area (Å²) in [7, 11) is 0. The molecule has 3 N–H and O–H groups in total. The van der Waals surface area contributed by atoms with Crippen LogP contribution in [0, 0.1) is 5.92 Å². The number of rotatable bonds is 10. The highest BCUT2D eigenvalue weighted by molar-refractivity contribution is 5.77. The Balaban J connectivity index is 2.14. The average Bonchev–Trinajstić information content (AvgIpc) is 3.05. The van der Waals surface area contributed by atoms with Gasteiger partial charge in [0.05, 0.1) is 6.33 Å². The van der Waals surface area contributed by atoms with Gasteiger partial charge >= 0.3 is 11.9 Å². The van der Waals surface area contributed by atoms with Crippen LogP contribution in [0.15, 0.2) is 42.9 Å². The Morgan fingerprint density at radius 3 is 2.46 bits per heavy atom. The summed E-state index contributed by atoms with van der Waals surface area (Å²) in [6, 6.07) is 7.88. The van der Waals surface area contributed by atoms with Crippen molar-refractivity contribution in [2.75, 3.05) is 0 Å². The van der Waals surface area contributed by atoms with Crippen LogP contribution in [0.2, 0.25) is 0 Å². The Kier molecular flexibility index (Phi) is 6.91. The predicted octanol–water partition coefficient (Wildman–Crippen LogP) is 2.02. The van der Waals surface area contributed by atoms with Gasteiger partial charge in [0.15, 0.2) is 0 Å². The molecule has 0 fully saturated rings. The van der Waals surface area contributed by atoms with Gasteiger partial charge in [-0.15, -0.1) is 0 Å². The lowest BCUT2D eigenvalue weighted by Gasteiger charge is -2.24. The van der Waals surface area contributed by atoms with Crippen molar-refractivity contribution in [1.82, 2.24) is 14.9 Å². The van der Waals surface area contributed by atoms with Gasteiger partial charge < -0.3 is 14.8 Å². The lowest BCUT2D eigenvalue weighted by molar-refractivity contribution is -0.143. The van der Waals surface area contributed by atoms with E-state index in [1.807, 2.05) is 41.8 Å². The van der Waals surface area contributed by atoms with E-state index in [4.69, 9.17) is 0 Å². The Morgan fingerprint density at radius 1 is 1.19 bits per heavy atom. The number of aliphatic carboxylic acids is 2. The molecule has 0 aliphatic heterocycles. The Labute approximate surface area is 152 Å². The third kappa shape index (κ3) is 5.16. The monoisotopic (exact) mass is 359 g/mol. The molecule has 2 aromatic rings. The second kappa shape index (κ2) is 9.15. The molecule has 0 aliphatic rings. The van der Waals surface area contributed by atoms with E-state index in [1.54, 1.807) is 19.4 Å². The molecule has 1 aromatic carbocycles. The van der Waals surface area contributed by atoms with E-state index in [2.05, 4.69) is 10.3 Å². The molecule has 0 aliphatic carbocycles. The summed E-state index contributed by atoms with van der Waals surface area (Å²) in [5, 5.41) is 21.8. The molecule has 0 amide bonds. The highest BCUT2D eigenvalue weighted by atomic mass is 16.4. The molecule has 0 spiro atoms. The van der Waals surface area contributed by atoms with Crippen LogP contribution in [0.25, 0.3) is 0 Å². The number of hydrogen-bond acceptors (Lipinski definition) is 4. The number of nitrogens with zero attached hydrogens (tertiary/aromatic N) is 2. The molecule has 0 radical (unpaired) electrons. The van der Waals surface area contributed by atoms with E-state index in [0.29, 0.717) is 13.0 Å². The minimum atomic E-state index is -1.08. The lowest BCUT2D eigenvalue weighted by atomic mass is 9.97. The Morgan fingerprint density at radius 2 is 1.88 bits per heavy atom. The average molecular weight is 359 g/mol. The van der Waals surface area contributed by atoms with Crippen molar-refractivity contribution >= 4 is 11.9 Å². The molecule has 0 bridgehead atoms. The first-order valence-electron chi connectivity index (χ1n) is 8.67. The fourth-order valence-electron chi connectivity index (χ4n) is 2.80. The number of carboxylic acid groups (broad SMARTS) is 2. The van der Waals surface area contributed by atoms with Crippen LogP contribution in [-0.2, 0) is 22.6 Å². The number of aromatic nitrogens is 2. The maximum absolute atomic E-state index is 11.7. The number of nitrogens with one attached hydrogen (secondary N) is 1. The second-order valence-corrected chi connectivity index (χ2v) is 6.46. The maximum atomic E-state index is 11.7. The summed E-state index contributed by atoms with van der Waals surface area (Å²) in [5.74, 6) is -2.29. The van der Waals surface area contributed by atoms with Gasteiger partial charge in [-0.2, -0.15) is 0 Å². The number of carboxylic acids is 2. The third-order valence-corrected chi connectivity index (χ3v) is 4.57. The van der Waals surface area contributed by atoms with E-state index < -0.39 is 24.0 Å². The SMILES string of the molecule is CCC(C)C(NC(Cc1cncn1Cc1ccccc1)C(=O)O)C(=O)O. The number of carbonyl (C=O) groups is 2. The van der Waals surface area contributed by atoms with E-state index in [1.165, 1.54) is 0 Å². The molecular weight excluding hydrogens is 334 g/mol. The van der Waals surface area contributed by atoms with Crippen LogP contribution in [0.5, 0.6) is 0 Å². The quantitative estimate of drug-likeness (QED) is 0.599. The molecule has 1 heterocycles. The van der Waals surface area contributed by atoms with Crippen molar-refractivity contribution in [2.45, 2.75) is 45.3 Å². The van der Waals surface area contributed by atoms with Crippen molar-refractivity contribution in [1.29, 1.82) is 0 Å². The molecular formula is C19H25N3O4. The van der Waals surface area contributed by atoms with Gasteiger partial charge in [-0.3, -0.25) is 14.9 Å². The van der Waals surface area contributed by atoms with Gasteiger partial charge in [0.25, 0.3) is 0 Å². The molecule has 26 heavy (non-hydrogen) atoms. The first-order chi connectivity index (χ1) is 12.4. The van der Waals surface area contributed by atoms with Crippen LogP contribution < -0.4 is 5.32 Å². The minimum absolute atomic E-state index is 0.155. The van der Waals surface area contributed by atoms with E-state index >= 15 is 0 Å². The fraction of sp³-hybridized carbons (Fsp3) is 0.421. The number of benzene rings is 1. The minimum Gasteiger partial charge on any atom is -0.480 e. The van der Waals surface area contributed by atoms with Gasteiger partial charge in [-0.05, 0) is 11.5 Å². The van der Waals surface area contributed by atoms with Gasteiger partial charge in [0, 0.05) is 24.9 Å². The molecule has 0 saturated carbocycles. The van der Waals surface area contributed by atoms with Crippen molar-refractivity contribution < 1.29 is 19.8 Å². The van der Waals surface area contributed by atoms with Gasteiger partial charge in [-0.25, -0.2) is 4.98 Å². The van der Waals surface area contributed by atoms with Crippen molar-refractivity contribution in [2.24, 2.45) is 5.92 Å². The number of imidazole rings is 1. The van der Waals surface area contributed by atoms with Gasteiger partial charge in [0.2, 0.25) is 0 Å². The Hall–Kier alpha value is -2.67. The molecule has 2 rings (SSSR count). The maximum Gasteiger partial charge on any atom is 0.321 e. The van der Waals surface area contributed by atoms with Crippen molar-refractivity contribution in [3.05, 3.63) is 54.1 Å². The summed E-state index contributed by atoms with van der Waals surface area (Å²) >= 11 is 0. The summed E-state index contributed by atoms with van der Waals surface area (Å²) in [5.41, 5.74) is 1.82. The van der Waals surface area contributed by atoms with Crippen LogP contribution in [-0.4, -0.2) is 43.8 Å². The molecule has 0 saturated heterocycles. The smallest absolute Gasteiger partial charge is 0.321 e. The standard InChI is InChI=1S/C19H25N3O4/c1-3-13(2)17(19(25)26)21-16(18(23)24)9-15-10-20-12-22(15)11-14-7-5-4-6-8-14/h4-8,10,12-13,16-17,21H,3,9,11H2,1-2H3,(H,23,24)(H,25,26). The summed E-state index contributed by atoms with van der Waals surface area (Å²) < 4.78 is 1.88. The molecule has 140 valence electrons. The molecule has 3 unspecified atom stereocenters. The normalized spacial score (nSPS) is 14.5. The van der Waals surface area contributed by atoms with E-state index in [9.17, 15) is 19.8 Å². The number of hydrogen-bond donors (Lipinski definition) is 3. The predicted molar refractivity (Wildman–Crippen MR) is 96.9 cm³/mol. The van der Waals surface area contributed by atoms with Crippen LogP contribution >= 0.6 is 0 Å². The molecule has 3 atom stereocenters. The van der Waals surface area contributed by atoms with Crippen LogP contribution in [0.3, 0.4) is 0 Å². The highest BCUT2D eigenvalue weighted by Gasteiger charge is 2.30. The first kappa shape index (κ1) is 19.7. The van der Waals surface area contributed by atoms with Gasteiger partial charge in [0.1, 0.15) is 12.1 Å². The fourth-order valence-corrected chi connectivity index (χ4v) is 2.80. The highest BCUT2D eigenvalue weighted by Crippen LogP contribution is 2.12. The van der Waals surface area contributed by atoms with Crippen LogP contribution in [0.4, 0.5) is 0 Å². The zero-order valence-electron chi connectivity index (χ0n) is 15.0. The van der Waals surface area contributed by atoms with E-state index in [0.717, 1.165) is 11.3 Å². The first-order valence-corrected chi connectivity index (χ1v) is 8.67. The van der Waals surface area contributed by atoms with Crippen molar-refractivity contribution in [3.8, 4) is 0 Å². The molecule has 7 nitrogen and oxygen atoms in total. The van der Waals surface area contributed by atoms with E-state index in [-0.39, 0.29) is 12.3 Å². The molecule has 7 heteroatoms. The second-order valence-electron chi connectivity index (χ2n) is 6.46. The van der Waals surface area contributed by atoms with Crippen LogP contribution in [0.1, 0.15) is 31.5 Å². The van der Waals surface area contributed by atoms with Crippen molar-refractivity contribution in [3.63, 3.8) is 0 Å². The molecule has 1 aromatic heterocycles. The lowest BCUT2D eigenvalue weighted by Crippen LogP contribution is -2.51. The third-order valence-electron chi connectivity index (χ3n) is 4.57. The van der Waals surface area contributed by atoms with Gasteiger partial charge in [-0.1, -0.05) is 50.6 Å². The zero-order chi connectivity index (χ0) is 19.1. The topological polar surface area (TPSA) is 104 Å². The largest absolute Gasteiger partial charge is 0.480 e. The Bertz CT molecular complexity index is 729. The summed E-state index contributed by atoms with van der Waals surface area (Å²) in [6.45, 7) is 4.26. The zero-order valence-corrected chi connectivity index (χ0v) is 15.0. The summed E-state index contributed by atoms with van der Waals surface area (Å²) in [4.78, 5) is 27.3.